The van der Waals surface area contributed by atoms with Crippen molar-refractivity contribution in [1.82, 2.24) is 0 Å². The van der Waals surface area contributed by atoms with Gasteiger partial charge in [-0.2, -0.15) is 0 Å². The molecule has 0 saturated carbocycles. The number of aryl methyl sites for hydroxylation is 1. The summed E-state index contributed by atoms with van der Waals surface area (Å²) in [5.74, 6) is 0.511. The summed E-state index contributed by atoms with van der Waals surface area (Å²) in [4.78, 5) is 14.0. The molecule has 2 aromatic carbocycles. The zero-order valence-electron chi connectivity index (χ0n) is 18.7. The van der Waals surface area contributed by atoms with E-state index in [-0.39, 0.29) is 5.97 Å². The van der Waals surface area contributed by atoms with Crippen LogP contribution in [0.2, 0.25) is 0 Å². The lowest BCUT2D eigenvalue weighted by atomic mass is 10.1. The van der Waals surface area contributed by atoms with Gasteiger partial charge in [-0.05, 0) is 80.2 Å². The molecule has 0 amide bonds. The van der Waals surface area contributed by atoms with Crippen LogP contribution in [0.15, 0.2) is 54.6 Å². The van der Waals surface area contributed by atoms with E-state index < -0.39 is 0 Å². The number of carbonyl (C=O) groups excluding carboxylic acids is 1. The molecule has 0 atom stereocenters. The van der Waals surface area contributed by atoms with Gasteiger partial charge in [-0.1, -0.05) is 36.8 Å². The predicted molar refractivity (Wildman–Crippen MR) is 139 cm³/mol. The van der Waals surface area contributed by atoms with Crippen molar-refractivity contribution < 1.29 is 14.3 Å². The number of benzene rings is 2. The van der Waals surface area contributed by atoms with Crippen LogP contribution >= 0.6 is 23.6 Å². The van der Waals surface area contributed by atoms with Crippen molar-refractivity contribution in [3.05, 3.63) is 76.2 Å². The van der Waals surface area contributed by atoms with Crippen LogP contribution in [0, 0.1) is 0 Å². The number of esters is 1. The first-order chi connectivity index (χ1) is 16.1. The van der Waals surface area contributed by atoms with Gasteiger partial charge in [-0.15, -0.1) is 11.3 Å². The van der Waals surface area contributed by atoms with E-state index >= 15 is 0 Å². The second-order valence-electron chi connectivity index (χ2n) is 7.87. The summed E-state index contributed by atoms with van der Waals surface area (Å²) in [6.07, 6.45) is 5.34. The fraction of sp³-hybridized carbons (Fsp3) is 0.308. The molecule has 0 aliphatic heterocycles. The van der Waals surface area contributed by atoms with Gasteiger partial charge in [0, 0.05) is 10.6 Å². The maximum Gasteiger partial charge on any atom is 0.341 e. The maximum atomic E-state index is 12.7. The van der Waals surface area contributed by atoms with E-state index in [0.717, 1.165) is 53.2 Å². The van der Waals surface area contributed by atoms with E-state index in [1.807, 2.05) is 61.5 Å². The highest BCUT2D eigenvalue weighted by Gasteiger charge is 2.26. The summed E-state index contributed by atoms with van der Waals surface area (Å²) in [6.45, 7) is 2.70. The van der Waals surface area contributed by atoms with Crippen LogP contribution in [0.25, 0.3) is 0 Å². The van der Waals surface area contributed by atoms with Crippen LogP contribution in [0.3, 0.4) is 0 Å². The number of hydrogen-bond donors (Lipinski definition) is 2. The van der Waals surface area contributed by atoms with Crippen molar-refractivity contribution in [2.45, 2.75) is 45.6 Å². The average Bonchev–Trinajstić information content (AvgIpc) is 2.99. The fourth-order valence-corrected chi connectivity index (χ4v) is 5.46. The first-order valence-electron chi connectivity index (χ1n) is 11.3. The molecule has 0 spiro atoms. The van der Waals surface area contributed by atoms with Gasteiger partial charge in [-0.25, -0.2) is 4.79 Å². The number of ether oxygens (including phenoxy) is 2. The van der Waals surface area contributed by atoms with Gasteiger partial charge in [0.05, 0.1) is 12.2 Å². The van der Waals surface area contributed by atoms with E-state index in [9.17, 15) is 4.79 Å². The Labute approximate surface area is 204 Å². The molecule has 7 heteroatoms. The molecule has 0 fully saturated rings. The quantitative estimate of drug-likeness (QED) is 0.226. The minimum atomic E-state index is -0.276. The molecule has 3 aromatic rings. The number of thiophene rings is 1. The van der Waals surface area contributed by atoms with Crippen molar-refractivity contribution in [2.24, 2.45) is 0 Å². The second-order valence-corrected chi connectivity index (χ2v) is 9.38. The third kappa shape index (κ3) is 6.12. The summed E-state index contributed by atoms with van der Waals surface area (Å²) in [6, 6.07) is 17.7. The molecule has 1 aromatic heterocycles. The fourth-order valence-electron chi connectivity index (χ4n) is 3.89. The minimum absolute atomic E-state index is 0.276. The Kier molecular flexibility index (Phi) is 7.96. The highest BCUT2D eigenvalue weighted by molar-refractivity contribution is 7.80. The number of carbonyl (C=O) groups is 1. The molecule has 2 N–H and O–H groups in total. The molecular weight excluding hydrogens is 452 g/mol. The van der Waals surface area contributed by atoms with Crippen LogP contribution in [0.5, 0.6) is 5.75 Å². The smallest absolute Gasteiger partial charge is 0.341 e. The van der Waals surface area contributed by atoms with Crippen LogP contribution in [0.4, 0.5) is 10.7 Å². The Morgan fingerprint density at radius 2 is 1.76 bits per heavy atom. The van der Waals surface area contributed by atoms with Crippen LogP contribution in [0.1, 0.15) is 52.5 Å². The van der Waals surface area contributed by atoms with Gasteiger partial charge in [0.1, 0.15) is 17.4 Å². The summed E-state index contributed by atoms with van der Waals surface area (Å²) < 4.78 is 11.2. The van der Waals surface area contributed by atoms with Gasteiger partial charge in [0.15, 0.2) is 5.11 Å². The minimum Gasteiger partial charge on any atom is -0.489 e. The normalized spacial score (nSPS) is 12.9. The molecule has 0 unspecified atom stereocenters. The lowest BCUT2D eigenvalue weighted by molar-refractivity contribution is 0.0527. The van der Waals surface area contributed by atoms with Crippen LogP contribution in [-0.4, -0.2) is 17.7 Å². The van der Waals surface area contributed by atoms with E-state index in [1.54, 1.807) is 11.3 Å². The molecular formula is C26H28N2O3S2. The third-order valence-electron chi connectivity index (χ3n) is 5.49. The first-order valence-corrected chi connectivity index (χ1v) is 12.5. The lowest BCUT2D eigenvalue weighted by Crippen LogP contribution is -2.20. The molecule has 1 heterocycles. The number of anilines is 2. The SMILES string of the molecule is CCOC(=O)c1c(NC(=S)Nc2ccc(OCc3ccccc3)cc2)sc2c1CCCCC2. The van der Waals surface area contributed by atoms with E-state index in [1.165, 1.54) is 11.3 Å². The maximum absolute atomic E-state index is 12.7. The van der Waals surface area contributed by atoms with Gasteiger partial charge >= 0.3 is 5.97 Å². The second kappa shape index (κ2) is 11.3. The van der Waals surface area contributed by atoms with Crippen molar-refractivity contribution in [3.8, 4) is 5.75 Å². The third-order valence-corrected chi connectivity index (χ3v) is 6.90. The molecule has 0 radical (unpaired) electrons. The van der Waals surface area contributed by atoms with Gasteiger partial charge in [0.2, 0.25) is 0 Å². The molecule has 0 bridgehead atoms. The standard InChI is InChI=1S/C26H28N2O3S2/c1-2-30-25(29)23-21-11-7-4-8-12-22(21)33-24(23)28-26(32)27-19-13-15-20(16-14-19)31-17-18-9-5-3-6-10-18/h3,5-6,9-10,13-16H,2,4,7-8,11-12,17H2,1H3,(H2,27,28,32). The molecule has 4 rings (SSSR count). The Hall–Kier alpha value is -2.90. The number of thiocarbonyl (C=S) groups is 1. The molecule has 0 saturated heterocycles. The van der Waals surface area contributed by atoms with Gasteiger partial charge < -0.3 is 20.1 Å². The Morgan fingerprint density at radius 1 is 1.00 bits per heavy atom. The van der Waals surface area contributed by atoms with E-state index in [0.29, 0.717) is 23.9 Å². The Balaban J connectivity index is 1.40. The number of rotatable bonds is 7. The molecule has 172 valence electrons. The molecule has 1 aliphatic carbocycles. The summed E-state index contributed by atoms with van der Waals surface area (Å²) in [5, 5.41) is 7.65. The number of hydrogen-bond acceptors (Lipinski definition) is 5. The largest absolute Gasteiger partial charge is 0.489 e. The number of fused-ring (bicyclic) bond motifs is 1. The van der Waals surface area contributed by atoms with E-state index in [4.69, 9.17) is 21.7 Å². The topological polar surface area (TPSA) is 59.6 Å². The van der Waals surface area contributed by atoms with Crippen LogP contribution in [-0.2, 0) is 24.2 Å². The highest BCUT2D eigenvalue weighted by Crippen LogP contribution is 2.38. The number of nitrogens with one attached hydrogen (secondary N) is 2. The summed E-state index contributed by atoms with van der Waals surface area (Å²) >= 11 is 7.16. The lowest BCUT2D eigenvalue weighted by Gasteiger charge is -2.12. The predicted octanol–water partition coefficient (Wildman–Crippen LogP) is 6.58. The Morgan fingerprint density at radius 3 is 2.52 bits per heavy atom. The van der Waals surface area contributed by atoms with E-state index in [2.05, 4.69) is 10.6 Å². The average molecular weight is 481 g/mol. The molecule has 1 aliphatic rings. The zero-order valence-corrected chi connectivity index (χ0v) is 20.3. The summed E-state index contributed by atoms with van der Waals surface area (Å²) in [5.41, 5.74) is 3.74. The van der Waals surface area contributed by atoms with Gasteiger partial charge in [-0.3, -0.25) is 0 Å². The van der Waals surface area contributed by atoms with Crippen molar-refractivity contribution in [1.29, 1.82) is 0 Å². The zero-order chi connectivity index (χ0) is 23.0. The van der Waals surface area contributed by atoms with Gasteiger partial charge in [0.25, 0.3) is 0 Å². The first kappa shape index (κ1) is 23.3. The van der Waals surface area contributed by atoms with Crippen molar-refractivity contribution in [2.75, 3.05) is 17.2 Å². The molecule has 5 nitrogen and oxygen atoms in total. The summed E-state index contributed by atoms with van der Waals surface area (Å²) in [7, 11) is 0. The van der Waals surface area contributed by atoms with Crippen LogP contribution < -0.4 is 15.4 Å². The Bertz CT molecular complexity index is 1090. The van der Waals surface area contributed by atoms with Crippen molar-refractivity contribution in [3.63, 3.8) is 0 Å². The monoisotopic (exact) mass is 480 g/mol. The highest BCUT2D eigenvalue weighted by atomic mass is 32.1. The van der Waals surface area contributed by atoms with Crippen molar-refractivity contribution >= 4 is 45.3 Å². The molecule has 33 heavy (non-hydrogen) atoms.